The van der Waals surface area contributed by atoms with Crippen molar-refractivity contribution in [2.75, 3.05) is 20.2 Å². The van der Waals surface area contributed by atoms with Crippen LogP contribution in [-0.2, 0) is 24.6 Å². The van der Waals surface area contributed by atoms with E-state index in [1.54, 1.807) is 43.2 Å². The molecule has 2 aliphatic heterocycles. The van der Waals surface area contributed by atoms with Gasteiger partial charge in [0.15, 0.2) is 0 Å². The fourth-order valence-corrected chi connectivity index (χ4v) is 4.75. The first-order chi connectivity index (χ1) is 14.4. The van der Waals surface area contributed by atoms with E-state index in [1.165, 1.54) is 4.90 Å². The second-order valence-corrected chi connectivity index (χ2v) is 8.75. The summed E-state index contributed by atoms with van der Waals surface area (Å²) in [6, 6.07) is 7.04. The van der Waals surface area contributed by atoms with Gasteiger partial charge in [0.05, 0.1) is 12.5 Å². The van der Waals surface area contributed by atoms with Crippen molar-refractivity contribution in [3.8, 4) is 5.75 Å². The van der Waals surface area contributed by atoms with Crippen molar-refractivity contribution in [2.45, 2.75) is 56.9 Å². The van der Waals surface area contributed by atoms with E-state index in [0.717, 1.165) is 25.7 Å². The minimum Gasteiger partial charge on any atom is -0.497 e. The minimum absolute atomic E-state index is 0.00434. The molecule has 3 fully saturated rings. The molecule has 3 aliphatic rings. The number of nitrogens with zero attached hydrogens (tertiary/aromatic N) is 2. The van der Waals surface area contributed by atoms with E-state index in [1.807, 2.05) is 0 Å². The maximum atomic E-state index is 13.5. The number of ether oxygens (including phenoxy) is 1. The Morgan fingerprint density at radius 3 is 2.43 bits per heavy atom. The number of rotatable bonds is 6. The second kappa shape index (κ2) is 7.85. The van der Waals surface area contributed by atoms with E-state index >= 15 is 0 Å². The molecule has 0 bridgehead atoms. The molecule has 0 aromatic heterocycles. The number of ketones is 1. The van der Waals surface area contributed by atoms with Gasteiger partial charge in [0.25, 0.3) is 0 Å². The average molecular weight is 412 g/mol. The van der Waals surface area contributed by atoms with Crippen molar-refractivity contribution in [2.24, 2.45) is 5.92 Å². The summed E-state index contributed by atoms with van der Waals surface area (Å²) in [7, 11) is 1.56. The first-order valence-electron chi connectivity index (χ1n) is 10.6. The van der Waals surface area contributed by atoms with Crippen LogP contribution >= 0.6 is 0 Å². The summed E-state index contributed by atoms with van der Waals surface area (Å²) < 4.78 is 5.22. The summed E-state index contributed by atoms with van der Waals surface area (Å²) in [5, 5.41) is 0. The number of piperidine rings is 1. The highest BCUT2D eigenvalue weighted by atomic mass is 16.5. The van der Waals surface area contributed by atoms with Gasteiger partial charge in [-0.15, -0.1) is 0 Å². The molecule has 1 aliphatic carbocycles. The van der Waals surface area contributed by atoms with Gasteiger partial charge in [-0.05, 0) is 50.3 Å². The number of likely N-dealkylation sites (tertiary alicyclic amines) is 2. The minimum atomic E-state index is -1.19. The van der Waals surface area contributed by atoms with E-state index in [2.05, 4.69) is 0 Å². The third kappa shape index (κ3) is 3.61. The van der Waals surface area contributed by atoms with Crippen LogP contribution in [0.5, 0.6) is 5.75 Å². The predicted octanol–water partition coefficient (Wildman–Crippen LogP) is 2.07. The maximum absolute atomic E-state index is 13.5. The molecule has 2 atom stereocenters. The molecular weight excluding hydrogens is 384 g/mol. The van der Waals surface area contributed by atoms with E-state index < -0.39 is 5.41 Å². The van der Waals surface area contributed by atoms with Crippen LogP contribution in [0.4, 0.5) is 0 Å². The topological polar surface area (TPSA) is 84.0 Å². The number of Topliss-reactive ketones (excluding diaryl/α,β-unsaturated/α-hetero) is 1. The Bertz CT molecular complexity index is 876. The van der Waals surface area contributed by atoms with Crippen molar-refractivity contribution in [3.05, 3.63) is 29.8 Å². The number of carbonyl (C=O) groups excluding carboxylic acids is 4. The Balaban J connectivity index is 1.64. The Labute approximate surface area is 176 Å². The second-order valence-electron chi connectivity index (χ2n) is 8.75. The first kappa shape index (κ1) is 20.6. The molecule has 7 heteroatoms. The van der Waals surface area contributed by atoms with E-state index in [0.29, 0.717) is 24.4 Å². The van der Waals surface area contributed by atoms with Crippen LogP contribution in [0.2, 0.25) is 0 Å². The van der Waals surface area contributed by atoms with Crippen LogP contribution in [0, 0.1) is 5.92 Å². The van der Waals surface area contributed by atoms with Gasteiger partial charge in [0, 0.05) is 37.9 Å². The summed E-state index contributed by atoms with van der Waals surface area (Å²) in [6.45, 7) is 2.53. The average Bonchev–Trinajstić information content (AvgIpc) is 3.54. The lowest BCUT2D eigenvalue weighted by Crippen LogP contribution is -2.47. The van der Waals surface area contributed by atoms with Crippen LogP contribution in [0.1, 0.15) is 51.0 Å². The fourth-order valence-electron chi connectivity index (χ4n) is 4.75. The van der Waals surface area contributed by atoms with Crippen molar-refractivity contribution >= 4 is 23.5 Å². The van der Waals surface area contributed by atoms with Crippen LogP contribution in [0.15, 0.2) is 24.3 Å². The van der Waals surface area contributed by atoms with Gasteiger partial charge in [0.1, 0.15) is 11.5 Å². The third-order valence-electron chi connectivity index (χ3n) is 6.71. The summed E-state index contributed by atoms with van der Waals surface area (Å²) in [5.41, 5.74) is -0.523. The predicted molar refractivity (Wildman–Crippen MR) is 109 cm³/mol. The molecule has 30 heavy (non-hydrogen) atoms. The molecule has 2 heterocycles. The summed E-state index contributed by atoms with van der Waals surface area (Å²) in [6.07, 6.45) is 3.16. The van der Waals surface area contributed by atoms with E-state index in [4.69, 9.17) is 4.74 Å². The number of methoxy groups -OCH3 is 1. The van der Waals surface area contributed by atoms with Crippen molar-refractivity contribution in [1.82, 2.24) is 9.80 Å². The molecule has 4 rings (SSSR count). The van der Waals surface area contributed by atoms with Gasteiger partial charge in [0.2, 0.25) is 17.7 Å². The van der Waals surface area contributed by atoms with Gasteiger partial charge in [-0.2, -0.15) is 0 Å². The van der Waals surface area contributed by atoms with Crippen molar-refractivity contribution in [1.29, 1.82) is 0 Å². The monoisotopic (exact) mass is 412 g/mol. The number of benzene rings is 1. The number of carbonyl (C=O) groups is 4. The molecule has 1 aromatic rings. The highest BCUT2D eigenvalue weighted by Crippen LogP contribution is 2.45. The molecule has 160 valence electrons. The smallest absolute Gasteiger partial charge is 0.241 e. The molecule has 3 amide bonds. The van der Waals surface area contributed by atoms with Crippen molar-refractivity contribution in [3.63, 3.8) is 0 Å². The maximum Gasteiger partial charge on any atom is 0.241 e. The van der Waals surface area contributed by atoms with Crippen LogP contribution < -0.4 is 4.74 Å². The standard InChI is InChI=1S/C23H28N2O5/c1-15(26)16-4-3-11-24(14-16)20(27)12-23(17-5-9-19(30-2)10-6-17)13-21(28)25(22(23)29)18-7-8-18/h5-6,9-10,16,18H,3-4,7-8,11-14H2,1-2H3/t16-,23-/m0/s1. The molecule has 0 radical (unpaired) electrons. The molecule has 7 nitrogen and oxygen atoms in total. The lowest BCUT2D eigenvalue weighted by atomic mass is 9.75. The SMILES string of the molecule is COc1ccc([C@]2(CC(=O)N3CCC[C@H](C(C)=O)C3)CC(=O)N(C3CC3)C2=O)cc1. The molecule has 0 unspecified atom stereocenters. The lowest BCUT2D eigenvalue weighted by molar-refractivity contribution is -0.144. The number of hydrogen-bond acceptors (Lipinski definition) is 5. The number of hydrogen-bond donors (Lipinski definition) is 0. The summed E-state index contributed by atoms with van der Waals surface area (Å²) in [5.74, 6) is -0.0557. The quantitative estimate of drug-likeness (QED) is 0.668. The van der Waals surface area contributed by atoms with Crippen LogP contribution in [0.25, 0.3) is 0 Å². The van der Waals surface area contributed by atoms with Gasteiger partial charge in [-0.3, -0.25) is 24.1 Å². The Morgan fingerprint density at radius 2 is 1.83 bits per heavy atom. The van der Waals surface area contributed by atoms with Crippen LogP contribution in [-0.4, -0.2) is 59.5 Å². The van der Waals surface area contributed by atoms with Gasteiger partial charge < -0.3 is 9.64 Å². The lowest BCUT2D eigenvalue weighted by Gasteiger charge is -2.35. The normalized spacial score (nSPS) is 26.8. The molecule has 1 saturated carbocycles. The fraction of sp³-hybridized carbons (Fsp3) is 0.565. The number of amides is 3. The first-order valence-corrected chi connectivity index (χ1v) is 10.6. The largest absolute Gasteiger partial charge is 0.497 e. The van der Waals surface area contributed by atoms with Gasteiger partial charge in [-0.25, -0.2) is 0 Å². The zero-order chi connectivity index (χ0) is 21.5. The van der Waals surface area contributed by atoms with E-state index in [-0.39, 0.29) is 48.3 Å². The zero-order valence-corrected chi connectivity index (χ0v) is 17.6. The van der Waals surface area contributed by atoms with Gasteiger partial charge >= 0.3 is 0 Å². The highest BCUT2D eigenvalue weighted by Gasteiger charge is 2.57. The summed E-state index contributed by atoms with van der Waals surface area (Å²) >= 11 is 0. The summed E-state index contributed by atoms with van der Waals surface area (Å²) in [4.78, 5) is 54.5. The third-order valence-corrected chi connectivity index (χ3v) is 6.71. The molecule has 2 saturated heterocycles. The molecule has 0 N–H and O–H groups in total. The Hall–Kier alpha value is -2.70. The van der Waals surface area contributed by atoms with E-state index in [9.17, 15) is 19.2 Å². The zero-order valence-electron chi connectivity index (χ0n) is 17.6. The van der Waals surface area contributed by atoms with Gasteiger partial charge in [-0.1, -0.05) is 12.1 Å². The Morgan fingerprint density at radius 1 is 1.13 bits per heavy atom. The molecule has 0 spiro atoms. The number of imide groups is 1. The molecule has 1 aromatic carbocycles. The Kier molecular flexibility index (Phi) is 5.38. The van der Waals surface area contributed by atoms with Crippen LogP contribution in [0.3, 0.4) is 0 Å². The highest BCUT2D eigenvalue weighted by molar-refractivity contribution is 6.11. The molecular formula is C23H28N2O5. The van der Waals surface area contributed by atoms with Crippen molar-refractivity contribution < 1.29 is 23.9 Å².